The largest absolute Gasteiger partial charge is 0.490 e. The van der Waals surface area contributed by atoms with Crippen LogP contribution in [0.2, 0.25) is 0 Å². The van der Waals surface area contributed by atoms with Gasteiger partial charge in [-0.1, -0.05) is 6.07 Å². The molecule has 1 aromatic heterocycles. The lowest BCUT2D eigenvalue weighted by Crippen LogP contribution is -2.00. The molecule has 1 aromatic carbocycles. The van der Waals surface area contributed by atoms with Crippen molar-refractivity contribution in [3.05, 3.63) is 45.1 Å². The van der Waals surface area contributed by atoms with Gasteiger partial charge in [0.15, 0.2) is 11.5 Å². The molecule has 0 radical (unpaired) electrons. The molecule has 4 heteroatoms. The fraction of sp³-hybridized carbons (Fsp3) is 0.412. The zero-order valence-corrected chi connectivity index (χ0v) is 14.5. The molecule has 1 unspecified atom stereocenters. The summed E-state index contributed by atoms with van der Waals surface area (Å²) in [6, 6.07) is 8.09. The molecule has 0 saturated heterocycles. The van der Waals surface area contributed by atoms with Crippen LogP contribution in [0.3, 0.4) is 0 Å². The first-order valence-corrected chi connectivity index (χ1v) is 8.42. The number of rotatable bonds is 6. The molecule has 0 amide bonds. The molecule has 114 valence electrons. The molecule has 2 aromatic rings. The van der Waals surface area contributed by atoms with Crippen LogP contribution in [0.5, 0.6) is 11.5 Å². The maximum Gasteiger partial charge on any atom is 0.161 e. The summed E-state index contributed by atoms with van der Waals surface area (Å²) in [7, 11) is 0. The molecule has 1 heterocycles. The van der Waals surface area contributed by atoms with Crippen molar-refractivity contribution in [1.82, 2.24) is 0 Å². The van der Waals surface area contributed by atoms with Crippen molar-refractivity contribution in [1.29, 1.82) is 0 Å². The first-order valence-electron chi connectivity index (χ1n) is 7.17. The number of hydrogen-bond donors (Lipinski definition) is 0. The Bertz CT molecular complexity index is 587. The van der Waals surface area contributed by atoms with E-state index in [2.05, 4.69) is 19.9 Å². The SMILES string of the molecule is CCOc1ccc(C(Cl)c2cc(C)c(C)s2)cc1OCC. The molecule has 0 bridgehead atoms. The van der Waals surface area contributed by atoms with Crippen LogP contribution in [0.1, 0.15) is 40.1 Å². The Morgan fingerprint density at radius 1 is 1.05 bits per heavy atom. The lowest BCUT2D eigenvalue weighted by atomic mass is 10.1. The topological polar surface area (TPSA) is 18.5 Å². The number of aryl methyl sites for hydroxylation is 2. The predicted octanol–water partition coefficient (Wildman–Crippen LogP) is 5.49. The summed E-state index contributed by atoms with van der Waals surface area (Å²) in [6.07, 6.45) is 0. The molecule has 0 aliphatic rings. The predicted molar refractivity (Wildman–Crippen MR) is 90.3 cm³/mol. The van der Waals surface area contributed by atoms with Gasteiger partial charge in [-0.3, -0.25) is 0 Å². The van der Waals surface area contributed by atoms with Crippen LogP contribution in [0.15, 0.2) is 24.3 Å². The third kappa shape index (κ3) is 3.72. The highest BCUT2D eigenvalue weighted by Gasteiger charge is 2.17. The first-order chi connectivity index (χ1) is 10.1. The minimum Gasteiger partial charge on any atom is -0.490 e. The highest BCUT2D eigenvalue weighted by molar-refractivity contribution is 7.12. The van der Waals surface area contributed by atoms with Gasteiger partial charge in [-0.25, -0.2) is 0 Å². The minimum absolute atomic E-state index is 0.155. The lowest BCUT2D eigenvalue weighted by Gasteiger charge is -2.14. The summed E-state index contributed by atoms with van der Waals surface area (Å²) in [4.78, 5) is 2.48. The number of halogens is 1. The van der Waals surface area contributed by atoms with Crippen LogP contribution < -0.4 is 9.47 Å². The van der Waals surface area contributed by atoms with Crippen LogP contribution in [-0.2, 0) is 0 Å². The molecule has 0 N–H and O–H groups in total. The van der Waals surface area contributed by atoms with Crippen LogP contribution in [0.25, 0.3) is 0 Å². The molecule has 0 aliphatic carbocycles. The van der Waals surface area contributed by atoms with E-state index in [9.17, 15) is 0 Å². The Labute approximate surface area is 135 Å². The third-order valence-corrected chi connectivity index (χ3v) is 5.13. The maximum atomic E-state index is 6.63. The van der Waals surface area contributed by atoms with E-state index in [1.54, 1.807) is 11.3 Å². The summed E-state index contributed by atoms with van der Waals surface area (Å²) in [5, 5.41) is -0.155. The molecule has 2 nitrogen and oxygen atoms in total. The van der Waals surface area contributed by atoms with Gasteiger partial charge >= 0.3 is 0 Å². The smallest absolute Gasteiger partial charge is 0.161 e. The number of benzene rings is 1. The second-order valence-corrected chi connectivity index (χ2v) is 6.55. The van der Waals surface area contributed by atoms with Crippen molar-refractivity contribution in [2.24, 2.45) is 0 Å². The normalized spacial score (nSPS) is 12.2. The van der Waals surface area contributed by atoms with Crippen molar-refractivity contribution < 1.29 is 9.47 Å². The van der Waals surface area contributed by atoms with Gasteiger partial charge < -0.3 is 9.47 Å². The summed E-state index contributed by atoms with van der Waals surface area (Å²) >= 11 is 8.38. The second-order valence-electron chi connectivity index (χ2n) is 4.82. The quantitative estimate of drug-likeness (QED) is 0.654. The van der Waals surface area contributed by atoms with E-state index >= 15 is 0 Å². The van der Waals surface area contributed by atoms with E-state index < -0.39 is 0 Å². The van der Waals surface area contributed by atoms with E-state index in [0.717, 1.165) is 17.1 Å². The van der Waals surface area contributed by atoms with Crippen LogP contribution >= 0.6 is 22.9 Å². The van der Waals surface area contributed by atoms with E-state index in [0.29, 0.717) is 13.2 Å². The molecular weight excluding hydrogens is 304 g/mol. The zero-order chi connectivity index (χ0) is 15.4. The zero-order valence-electron chi connectivity index (χ0n) is 12.9. The van der Waals surface area contributed by atoms with Crippen molar-refractivity contribution in [2.75, 3.05) is 13.2 Å². The van der Waals surface area contributed by atoms with Gasteiger partial charge in [-0.05, 0) is 57.0 Å². The summed E-state index contributed by atoms with van der Waals surface area (Å²) < 4.78 is 11.3. The summed E-state index contributed by atoms with van der Waals surface area (Å²) in [5.41, 5.74) is 2.32. The van der Waals surface area contributed by atoms with Gasteiger partial charge in [0.2, 0.25) is 0 Å². The van der Waals surface area contributed by atoms with Gasteiger partial charge in [0.25, 0.3) is 0 Å². The van der Waals surface area contributed by atoms with E-state index in [4.69, 9.17) is 21.1 Å². The highest BCUT2D eigenvalue weighted by atomic mass is 35.5. The van der Waals surface area contributed by atoms with Crippen LogP contribution in [-0.4, -0.2) is 13.2 Å². The van der Waals surface area contributed by atoms with E-state index in [1.807, 2.05) is 32.0 Å². The number of ether oxygens (including phenoxy) is 2. The Balaban J connectivity index is 2.32. The Morgan fingerprint density at radius 2 is 1.71 bits per heavy atom. The molecule has 0 fully saturated rings. The van der Waals surface area contributed by atoms with Crippen molar-refractivity contribution >= 4 is 22.9 Å². The summed E-state index contributed by atoms with van der Waals surface area (Å²) in [6.45, 7) is 9.39. The summed E-state index contributed by atoms with van der Waals surface area (Å²) in [5.74, 6) is 1.53. The molecular formula is C17H21ClO2S. The van der Waals surface area contributed by atoms with Crippen LogP contribution in [0.4, 0.5) is 0 Å². The van der Waals surface area contributed by atoms with Crippen molar-refractivity contribution in [2.45, 2.75) is 33.1 Å². The Hall–Kier alpha value is -1.19. The van der Waals surface area contributed by atoms with Gasteiger partial charge in [0.1, 0.15) is 0 Å². The number of alkyl halides is 1. The Morgan fingerprint density at radius 3 is 2.29 bits per heavy atom. The molecule has 1 atom stereocenters. The monoisotopic (exact) mass is 324 g/mol. The fourth-order valence-electron chi connectivity index (χ4n) is 2.12. The highest BCUT2D eigenvalue weighted by Crippen LogP contribution is 2.38. The van der Waals surface area contributed by atoms with Crippen molar-refractivity contribution in [3.8, 4) is 11.5 Å². The minimum atomic E-state index is -0.155. The molecule has 0 aliphatic heterocycles. The van der Waals surface area contributed by atoms with E-state index in [1.165, 1.54) is 15.3 Å². The standard InChI is InChI=1S/C17H21ClO2S/c1-5-19-14-8-7-13(10-15(14)20-6-2)17(18)16-9-11(3)12(4)21-16/h7-10,17H,5-6H2,1-4H3. The lowest BCUT2D eigenvalue weighted by molar-refractivity contribution is 0.287. The average molecular weight is 325 g/mol. The van der Waals surface area contributed by atoms with Crippen molar-refractivity contribution in [3.63, 3.8) is 0 Å². The van der Waals surface area contributed by atoms with Gasteiger partial charge in [0.05, 0.1) is 18.6 Å². The van der Waals surface area contributed by atoms with Gasteiger partial charge in [0, 0.05) is 9.75 Å². The third-order valence-electron chi connectivity index (χ3n) is 3.29. The second kappa shape index (κ2) is 7.19. The number of hydrogen-bond acceptors (Lipinski definition) is 3. The molecule has 2 rings (SSSR count). The molecule has 21 heavy (non-hydrogen) atoms. The first kappa shape index (κ1) is 16.2. The molecule has 0 spiro atoms. The molecule has 0 saturated carbocycles. The fourth-order valence-corrected chi connectivity index (χ4v) is 3.50. The average Bonchev–Trinajstić information content (AvgIpc) is 2.80. The van der Waals surface area contributed by atoms with E-state index in [-0.39, 0.29) is 5.38 Å². The Kier molecular flexibility index (Phi) is 5.54. The maximum absolute atomic E-state index is 6.63. The number of thiophene rings is 1. The van der Waals surface area contributed by atoms with Gasteiger partial charge in [-0.15, -0.1) is 22.9 Å². The van der Waals surface area contributed by atoms with Gasteiger partial charge in [-0.2, -0.15) is 0 Å². The van der Waals surface area contributed by atoms with Crippen LogP contribution in [0, 0.1) is 13.8 Å².